The molecule has 0 bridgehead atoms. The highest BCUT2D eigenvalue weighted by atomic mass is 32.2. The van der Waals surface area contributed by atoms with Crippen LogP contribution in [0.25, 0.3) is 0 Å². The number of hydrogen-bond donors (Lipinski definition) is 2. The summed E-state index contributed by atoms with van der Waals surface area (Å²) in [6.07, 6.45) is 7.48. The lowest BCUT2D eigenvalue weighted by Gasteiger charge is -2.25. The summed E-state index contributed by atoms with van der Waals surface area (Å²) in [6, 6.07) is -0.224. The Kier molecular flexibility index (Phi) is 6.98. The van der Waals surface area contributed by atoms with Crippen LogP contribution < -0.4 is 4.72 Å². The lowest BCUT2D eigenvalue weighted by atomic mass is 9.91. The van der Waals surface area contributed by atoms with E-state index in [1.54, 1.807) is 0 Å². The quantitative estimate of drug-likeness (QED) is 0.749. The first-order valence-electron chi connectivity index (χ1n) is 6.62. The van der Waals surface area contributed by atoms with Gasteiger partial charge in [0.1, 0.15) is 0 Å². The molecule has 0 aromatic heterocycles. The van der Waals surface area contributed by atoms with Gasteiger partial charge >= 0.3 is 0 Å². The molecule has 2 N–H and O–H groups in total. The molecule has 6 heteroatoms. The lowest BCUT2D eigenvalue weighted by molar-refractivity contribution is 0.282. The van der Waals surface area contributed by atoms with Crippen molar-refractivity contribution in [2.24, 2.45) is 5.92 Å². The Hall–Kier alpha value is 0.220. The van der Waals surface area contributed by atoms with E-state index in [1.807, 2.05) is 13.2 Å². The van der Waals surface area contributed by atoms with Crippen LogP contribution in [0.4, 0.5) is 0 Å². The third-order valence-electron chi connectivity index (χ3n) is 3.59. The highest BCUT2D eigenvalue weighted by Crippen LogP contribution is 2.24. The second-order valence-electron chi connectivity index (χ2n) is 5.15. The van der Waals surface area contributed by atoms with Crippen molar-refractivity contribution in [2.45, 2.75) is 50.3 Å². The fourth-order valence-corrected chi connectivity index (χ4v) is 5.00. The van der Waals surface area contributed by atoms with E-state index < -0.39 is 10.0 Å². The topological polar surface area (TPSA) is 66.4 Å². The summed E-state index contributed by atoms with van der Waals surface area (Å²) < 4.78 is 26.8. The molecule has 0 amide bonds. The van der Waals surface area contributed by atoms with Crippen LogP contribution in [-0.4, -0.2) is 43.4 Å². The molecule has 0 spiro atoms. The van der Waals surface area contributed by atoms with Gasteiger partial charge in [0, 0.05) is 11.3 Å². The number of nitrogens with one attached hydrogen (secondary N) is 1. The second-order valence-corrected chi connectivity index (χ2v) is 8.02. The number of hydrogen-bond acceptors (Lipinski definition) is 4. The van der Waals surface area contributed by atoms with E-state index in [-0.39, 0.29) is 23.7 Å². The number of sulfonamides is 1. The number of rotatable bonds is 7. The van der Waals surface area contributed by atoms with Gasteiger partial charge in [-0.05, 0) is 31.9 Å². The SMILES string of the molecule is CSC(CO)C(C)NS(=O)(=O)CC1CCCCC1. The van der Waals surface area contributed by atoms with Gasteiger partial charge < -0.3 is 5.11 Å². The van der Waals surface area contributed by atoms with Gasteiger partial charge in [0.15, 0.2) is 0 Å². The molecular weight excluding hydrogens is 270 g/mol. The molecule has 108 valence electrons. The van der Waals surface area contributed by atoms with E-state index in [2.05, 4.69) is 4.72 Å². The summed E-state index contributed by atoms with van der Waals surface area (Å²) in [7, 11) is -3.22. The molecule has 4 nitrogen and oxygen atoms in total. The van der Waals surface area contributed by atoms with Crippen molar-refractivity contribution < 1.29 is 13.5 Å². The van der Waals surface area contributed by atoms with Crippen LogP contribution in [0.15, 0.2) is 0 Å². The molecule has 1 fully saturated rings. The van der Waals surface area contributed by atoms with Crippen LogP contribution >= 0.6 is 11.8 Å². The standard InChI is InChI=1S/C12H25NO3S2/c1-10(12(8-14)17-2)13-18(15,16)9-11-6-4-3-5-7-11/h10-14H,3-9H2,1-2H3. The average Bonchev–Trinajstić information content (AvgIpc) is 2.30. The fraction of sp³-hybridized carbons (Fsp3) is 1.00. The van der Waals surface area contributed by atoms with E-state index in [9.17, 15) is 8.42 Å². The molecule has 0 aromatic carbocycles. The Morgan fingerprint density at radius 3 is 2.44 bits per heavy atom. The predicted molar refractivity (Wildman–Crippen MR) is 77.3 cm³/mol. The lowest BCUT2D eigenvalue weighted by Crippen LogP contribution is -2.43. The van der Waals surface area contributed by atoms with Gasteiger partial charge in [-0.3, -0.25) is 0 Å². The highest BCUT2D eigenvalue weighted by molar-refractivity contribution is 7.99. The molecule has 0 aliphatic heterocycles. The molecule has 1 saturated carbocycles. The summed E-state index contributed by atoms with van der Waals surface area (Å²) >= 11 is 1.49. The zero-order valence-electron chi connectivity index (χ0n) is 11.3. The van der Waals surface area contributed by atoms with Crippen molar-refractivity contribution >= 4 is 21.8 Å². The Bertz CT molecular complexity index is 322. The van der Waals surface area contributed by atoms with E-state index in [0.29, 0.717) is 5.92 Å². The number of thioether (sulfide) groups is 1. The van der Waals surface area contributed by atoms with Crippen molar-refractivity contribution in [1.82, 2.24) is 4.72 Å². The van der Waals surface area contributed by atoms with E-state index >= 15 is 0 Å². The third-order valence-corrected chi connectivity index (χ3v) is 6.39. The van der Waals surface area contributed by atoms with Crippen LogP contribution in [0, 0.1) is 5.92 Å². The normalized spacial score (nSPS) is 21.7. The van der Waals surface area contributed by atoms with Crippen molar-refractivity contribution in [3.63, 3.8) is 0 Å². The third kappa shape index (κ3) is 5.47. The highest BCUT2D eigenvalue weighted by Gasteiger charge is 2.25. The monoisotopic (exact) mass is 295 g/mol. The molecule has 0 saturated heterocycles. The minimum Gasteiger partial charge on any atom is -0.395 e. The van der Waals surface area contributed by atoms with E-state index in [4.69, 9.17) is 5.11 Å². The molecule has 0 radical (unpaired) electrons. The molecule has 2 unspecified atom stereocenters. The van der Waals surface area contributed by atoms with Gasteiger partial charge in [0.05, 0.1) is 12.4 Å². The van der Waals surface area contributed by atoms with Gasteiger partial charge in [-0.2, -0.15) is 11.8 Å². The Morgan fingerprint density at radius 1 is 1.33 bits per heavy atom. The minimum absolute atomic E-state index is 0.00567. The zero-order valence-corrected chi connectivity index (χ0v) is 12.9. The van der Waals surface area contributed by atoms with Crippen LogP contribution in [-0.2, 0) is 10.0 Å². The van der Waals surface area contributed by atoms with Crippen molar-refractivity contribution in [3.05, 3.63) is 0 Å². The summed E-state index contributed by atoms with van der Waals surface area (Å²) in [4.78, 5) is 0. The largest absolute Gasteiger partial charge is 0.395 e. The summed E-state index contributed by atoms with van der Waals surface area (Å²) in [5, 5.41) is 9.08. The van der Waals surface area contributed by atoms with Crippen molar-refractivity contribution in [2.75, 3.05) is 18.6 Å². The molecular formula is C12H25NO3S2. The van der Waals surface area contributed by atoms with Crippen molar-refractivity contribution in [1.29, 1.82) is 0 Å². The maximum absolute atomic E-state index is 12.0. The smallest absolute Gasteiger partial charge is 0.212 e. The zero-order chi connectivity index (χ0) is 13.6. The fourth-order valence-electron chi connectivity index (χ4n) is 2.51. The van der Waals surface area contributed by atoms with E-state index in [0.717, 1.165) is 25.7 Å². The van der Waals surface area contributed by atoms with Gasteiger partial charge in [0.25, 0.3) is 0 Å². The van der Waals surface area contributed by atoms with Crippen LogP contribution in [0.5, 0.6) is 0 Å². The van der Waals surface area contributed by atoms with Crippen LogP contribution in [0.3, 0.4) is 0 Å². The first-order chi connectivity index (χ1) is 8.48. The molecule has 0 aromatic rings. The molecule has 0 heterocycles. The first-order valence-corrected chi connectivity index (χ1v) is 9.56. The molecule has 2 atom stereocenters. The summed E-state index contributed by atoms with van der Waals surface area (Å²) in [5.41, 5.74) is 0. The molecule has 1 rings (SSSR count). The minimum atomic E-state index is -3.22. The average molecular weight is 295 g/mol. The van der Waals surface area contributed by atoms with Crippen molar-refractivity contribution in [3.8, 4) is 0 Å². The van der Waals surface area contributed by atoms with Gasteiger partial charge in [-0.1, -0.05) is 19.3 Å². The molecule has 1 aliphatic carbocycles. The second kappa shape index (κ2) is 7.72. The van der Waals surface area contributed by atoms with Crippen LogP contribution in [0.1, 0.15) is 39.0 Å². The number of aliphatic hydroxyl groups excluding tert-OH is 1. The van der Waals surface area contributed by atoms with Gasteiger partial charge in [0.2, 0.25) is 10.0 Å². The van der Waals surface area contributed by atoms with E-state index in [1.165, 1.54) is 18.2 Å². The summed E-state index contributed by atoms with van der Waals surface area (Å²) in [5.74, 6) is 0.550. The Labute approximate surface area is 115 Å². The van der Waals surface area contributed by atoms with Gasteiger partial charge in [-0.25, -0.2) is 13.1 Å². The van der Waals surface area contributed by atoms with Crippen LogP contribution in [0.2, 0.25) is 0 Å². The molecule has 1 aliphatic rings. The number of aliphatic hydroxyl groups is 1. The Balaban J connectivity index is 2.47. The predicted octanol–water partition coefficient (Wildman–Crippen LogP) is 1.60. The summed E-state index contributed by atoms with van der Waals surface area (Å²) in [6.45, 7) is 1.81. The maximum Gasteiger partial charge on any atom is 0.212 e. The molecule has 18 heavy (non-hydrogen) atoms. The Morgan fingerprint density at radius 2 is 1.94 bits per heavy atom. The first kappa shape index (κ1) is 16.3. The van der Waals surface area contributed by atoms with Gasteiger partial charge in [-0.15, -0.1) is 0 Å². The maximum atomic E-state index is 12.0.